The maximum Gasteiger partial charge on any atom is 0.203 e. The van der Waals surface area contributed by atoms with Gasteiger partial charge >= 0.3 is 0 Å². The number of rotatable bonds is 9. The van der Waals surface area contributed by atoms with Crippen molar-refractivity contribution in [1.29, 1.82) is 0 Å². The molecule has 0 fully saturated rings. The molecule has 2 aromatic rings. The van der Waals surface area contributed by atoms with Gasteiger partial charge in [0.15, 0.2) is 23.0 Å². The van der Waals surface area contributed by atoms with E-state index in [4.69, 9.17) is 18.9 Å². The highest BCUT2D eigenvalue weighted by Gasteiger charge is 2.16. The van der Waals surface area contributed by atoms with Crippen LogP contribution in [0.5, 0.6) is 28.7 Å². The van der Waals surface area contributed by atoms with Crippen LogP contribution in [0, 0.1) is 0 Å². The first-order chi connectivity index (χ1) is 12.2. The Morgan fingerprint density at radius 1 is 0.840 bits per heavy atom. The Labute approximate surface area is 150 Å². The second-order valence-electron chi connectivity index (χ2n) is 5.66. The number of benzene rings is 2. The molecule has 0 N–H and O–H groups in total. The number of allylic oxidation sites excluding steroid dienone is 1. The van der Waals surface area contributed by atoms with E-state index in [0.717, 1.165) is 18.4 Å². The van der Waals surface area contributed by atoms with Crippen molar-refractivity contribution in [3.8, 4) is 28.7 Å². The minimum atomic E-state index is 0.551. The van der Waals surface area contributed by atoms with E-state index >= 15 is 0 Å². The molecule has 0 atom stereocenters. The van der Waals surface area contributed by atoms with Crippen LogP contribution in [0.15, 0.2) is 43.0 Å². The summed E-state index contributed by atoms with van der Waals surface area (Å²) < 4.78 is 22.6. The molecule has 2 aromatic carbocycles. The van der Waals surface area contributed by atoms with Crippen molar-refractivity contribution in [3.05, 3.63) is 54.1 Å². The molecular weight excluding hydrogens is 316 g/mol. The molecule has 0 radical (unpaired) electrons. The second kappa shape index (κ2) is 9.02. The van der Waals surface area contributed by atoms with Gasteiger partial charge < -0.3 is 18.9 Å². The summed E-state index contributed by atoms with van der Waals surface area (Å²) in [6, 6.07) is 9.85. The molecule has 0 unspecified atom stereocenters. The first kappa shape index (κ1) is 18.7. The maximum atomic E-state index is 6.12. The Bertz CT molecular complexity index is 722. The Morgan fingerprint density at radius 3 is 2.12 bits per heavy atom. The van der Waals surface area contributed by atoms with Crippen molar-refractivity contribution in [2.75, 3.05) is 21.3 Å². The fraction of sp³-hybridized carbons (Fsp3) is 0.333. The zero-order valence-corrected chi connectivity index (χ0v) is 15.4. The highest BCUT2D eigenvalue weighted by atomic mass is 16.5. The lowest BCUT2D eigenvalue weighted by Crippen LogP contribution is -1.98. The van der Waals surface area contributed by atoms with Crippen LogP contribution in [0.25, 0.3) is 0 Å². The third-order valence-electron chi connectivity index (χ3n) is 3.87. The molecular formula is C21H26O4. The first-order valence-corrected chi connectivity index (χ1v) is 8.37. The number of methoxy groups -OCH3 is 3. The van der Waals surface area contributed by atoms with E-state index in [1.165, 1.54) is 5.56 Å². The average molecular weight is 342 g/mol. The fourth-order valence-electron chi connectivity index (χ4n) is 2.70. The van der Waals surface area contributed by atoms with E-state index in [1.807, 2.05) is 30.3 Å². The highest BCUT2D eigenvalue weighted by Crippen LogP contribution is 2.43. The molecule has 0 aromatic heterocycles. The summed E-state index contributed by atoms with van der Waals surface area (Å²) in [7, 11) is 4.85. The van der Waals surface area contributed by atoms with Crippen LogP contribution in [0.3, 0.4) is 0 Å². The third-order valence-corrected chi connectivity index (χ3v) is 3.87. The minimum absolute atomic E-state index is 0.551. The monoisotopic (exact) mass is 342 g/mol. The van der Waals surface area contributed by atoms with Gasteiger partial charge in [-0.15, -0.1) is 6.58 Å². The topological polar surface area (TPSA) is 36.9 Å². The molecule has 4 nitrogen and oxygen atoms in total. The van der Waals surface area contributed by atoms with Crippen molar-refractivity contribution >= 4 is 0 Å². The smallest absolute Gasteiger partial charge is 0.203 e. The molecule has 0 saturated carbocycles. The van der Waals surface area contributed by atoms with Crippen molar-refractivity contribution < 1.29 is 18.9 Å². The standard InChI is InChI=1S/C21H26O4/c1-6-8-15-10-11-17(18(12-15)22-3)25-20-14-16(9-7-2)13-19(23-4)21(20)24-5/h7,10-14H,2,6,8-9H2,1,3-5H3. The van der Waals surface area contributed by atoms with E-state index in [2.05, 4.69) is 19.6 Å². The van der Waals surface area contributed by atoms with Gasteiger partial charge in [-0.25, -0.2) is 0 Å². The van der Waals surface area contributed by atoms with E-state index < -0.39 is 0 Å². The molecule has 0 spiro atoms. The van der Waals surface area contributed by atoms with Crippen LogP contribution in [-0.4, -0.2) is 21.3 Å². The highest BCUT2D eigenvalue weighted by molar-refractivity contribution is 5.56. The SMILES string of the molecule is C=CCc1cc(OC)c(OC)c(Oc2ccc(CCC)cc2OC)c1. The summed E-state index contributed by atoms with van der Waals surface area (Å²) in [6.45, 7) is 5.94. The summed E-state index contributed by atoms with van der Waals surface area (Å²) in [6.07, 6.45) is 4.63. The maximum absolute atomic E-state index is 6.12. The van der Waals surface area contributed by atoms with Crippen LogP contribution >= 0.6 is 0 Å². The van der Waals surface area contributed by atoms with Crippen molar-refractivity contribution in [3.63, 3.8) is 0 Å². The van der Waals surface area contributed by atoms with E-state index in [-0.39, 0.29) is 0 Å². The van der Waals surface area contributed by atoms with Crippen LogP contribution in [0.1, 0.15) is 24.5 Å². The van der Waals surface area contributed by atoms with E-state index in [0.29, 0.717) is 35.2 Å². The van der Waals surface area contributed by atoms with Crippen LogP contribution < -0.4 is 18.9 Å². The zero-order chi connectivity index (χ0) is 18.2. The molecule has 0 amide bonds. The average Bonchev–Trinajstić information content (AvgIpc) is 2.63. The van der Waals surface area contributed by atoms with Crippen LogP contribution in [0.4, 0.5) is 0 Å². The molecule has 0 heterocycles. The molecule has 134 valence electrons. The predicted octanol–water partition coefficient (Wildman–Crippen LogP) is 5.19. The Hall–Kier alpha value is -2.62. The van der Waals surface area contributed by atoms with Crippen molar-refractivity contribution in [1.82, 2.24) is 0 Å². The molecule has 0 aliphatic rings. The molecule has 2 rings (SSSR count). The summed E-state index contributed by atoms with van der Waals surface area (Å²) in [4.78, 5) is 0. The Kier molecular flexibility index (Phi) is 6.75. The summed E-state index contributed by atoms with van der Waals surface area (Å²) >= 11 is 0. The van der Waals surface area contributed by atoms with Gasteiger partial charge in [0.25, 0.3) is 0 Å². The second-order valence-corrected chi connectivity index (χ2v) is 5.66. The molecule has 0 saturated heterocycles. The lowest BCUT2D eigenvalue weighted by molar-refractivity contribution is 0.329. The van der Waals surface area contributed by atoms with Gasteiger partial charge in [0, 0.05) is 0 Å². The van der Waals surface area contributed by atoms with Crippen molar-refractivity contribution in [2.24, 2.45) is 0 Å². The van der Waals surface area contributed by atoms with Gasteiger partial charge in [0.1, 0.15) is 0 Å². The fourth-order valence-corrected chi connectivity index (χ4v) is 2.70. The minimum Gasteiger partial charge on any atom is -0.493 e. The molecule has 0 bridgehead atoms. The number of aryl methyl sites for hydroxylation is 1. The Morgan fingerprint density at radius 2 is 1.52 bits per heavy atom. The largest absolute Gasteiger partial charge is 0.493 e. The van der Waals surface area contributed by atoms with Gasteiger partial charge in [-0.2, -0.15) is 0 Å². The van der Waals surface area contributed by atoms with E-state index in [9.17, 15) is 0 Å². The Balaban J connectivity index is 2.44. The van der Waals surface area contributed by atoms with Crippen molar-refractivity contribution in [2.45, 2.75) is 26.2 Å². The zero-order valence-electron chi connectivity index (χ0n) is 15.4. The van der Waals surface area contributed by atoms with Gasteiger partial charge in [-0.3, -0.25) is 0 Å². The van der Waals surface area contributed by atoms with Gasteiger partial charge in [0.2, 0.25) is 5.75 Å². The number of ether oxygens (including phenoxy) is 4. The quantitative estimate of drug-likeness (QED) is 0.588. The number of hydrogen-bond donors (Lipinski definition) is 0. The first-order valence-electron chi connectivity index (χ1n) is 8.37. The van der Waals surface area contributed by atoms with Crippen LogP contribution in [0.2, 0.25) is 0 Å². The summed E-state index contributed by atoms with van der Waals surface area (Å²) in [5, 5.41) is 0. The van der Waals surface area contributed by atoms with E-state index in [1.54, 1.807) is 21.3 Å². The van der Waals surface area contributed by atoms with Gasteiger partial charge in [0.05, 0.1) is 21.3 Å². The predicted molar refractivity (Wildman–Crippen MR) is 101 cm³/mol. The third kappa shape index (κ3) is 4.47. The lowest BCUT2D eigenvalue weighted by atomic mass is 10.1. The molecule has 0 aliphatic carbocycles. The molecule has 25 heavy (non-hydrogen) atoms. The normalized spacial score (nSPS) is 10.2. The van der Waals surface area contributed by atoms with Gasteiger partial charge in [-0.1, -0.05) is 25.5 Å². The number of hydrogen-bond acceptors (Lipinski definition) is 4. The lowest BCUT2D eigenvalue weighted by Gasteiger charge is -2.17. The van der Waals surface area contributed by atoms with Crippen LogP contribution in [-0.2, 0) is 12.8 Å². The van der Waals surface area contributed by atoms with Gasteiger partial charge in [-0.05, 0) is 48.2 Å². The molecule has 4 heteroatoms. The molecule has 0 aliphatic heterocycles. The summed E-state index contributed by atoms with van der Waals surface area (Å²) in [5.74, 6) is 3.09. The summed E-state index contributed by atoms with van der Waals surface area (Å²) in [5.41, 5.74) is 2.25.